The van der Waals surface area contributed by atoms with Crippen LogP contribution in [0.2, 0.25) is 0 Å². The van der Waals surface area contributed by atoms with Gasteiger partial charge in [0.15, 0.2) is 0 Å². The summed E-state index contributed by atoms with van der Waals surface area (Å²) in [5, 5.41) is 16.6. The van der Waals surface area contributed by atoms with Crippen LogP contribution in [0.1, 0.15) is 44.9 Å². The molecular formula is C21H29ClN2O3. The molecule has 0 heterocycles. The van der Waals surface area contributed by atoms with E-state index in [1.165, 1.54) is 6.92 Å². The maximum Gasteiger partial charge on any atom is 0.221 e. The lowest BCUT2D eigenvalue weighted by Gasteiger charge is -2.23. The number of anilines is 1. The van der Waals surface area contributed by atoms with Crippen molar-refractivity contribution >= 4 is 24.0 Å². The van der Waals surface area contributed by atoms with Gasteiger partial charge in [-0.25, -0.2) is 0 Å². The Morgan fingerprint density at radius 3 is 2.41 bits per heavy atom. The van der Waals surface area contributed by atoms with Gasteiger partial charge in [0.25, 0.3) is 0 Å². The number of carbonyl (C=O) groups is 1. The average Bonchev–Trinajstić information content (AvgIpc) is 2.57. The van der Waals surface area contributed by atoms with Crippen LogP contribution in [-0.2, 0) is 11.4 Å². The highest BCUT2D eigenvalue weighted by Gasteiger charge is 2.15. The third-order valence-corrected chi connectivity index (χ3v) is 3.71. The lowest BCUT2D eigenvalue weighted by Crippen LogP contribution is -2.38. The van der Waals surface area contributed by atoms with Crippen molar-refractivity contribution in [1.82, 2.24) is 5.32 Å². The minimum atomic E-state index is -0.706. The summed E-state index contributed by atoms with van der Waals surface area (Å²) in [7, 11) is 0. The van der Waals surface area contributed by atoms with Gasteiger partial charge in [-0.15, -0.1) is 12.4 Å². The molecular weight excluding hydrogens is 364 g/mol. The van der Waals surface area contributed by atoms with Crippen LogP contribution in [0, 0.1) is 0 Å². The highest BCUT2D eigenvalue weighted by atomic mass is 35.5. The zero-order chi connectivity index (χ0) is 19.2. The Balaban J connectivity index is 0.00000364. The Hall–Kier alpha value is -2.08. The molecule has 1 unspecified atom stereocenters. The van der Waals surface area contributed by atoms with E-state index in [0.717, 1.165) is 5.56 Å². The average molecular weight is 393 g/mol. The molecule has 0 spiro atoms. The van der Waals surface area contributed by atoms with Crippen molar-refractivity contribution in [2.45, 2.75) is 45.9 Å². The van der Waals surface area contributed by atoms with Gasteiger partial charge in [-0.2, -0.15) is 0 Å². The number of halogens is 1. The first-order valence-corrected chi connectivity index (χ1v) is 8.75. The fourth-order valence-electron chi connectivity index (χ4n) is 2.43. The fraction of sp³-hybridized carbons (Fsp3) is 0.381. The fourth-order valence-corrected chi connectivity index (χ4v) is 2.43. The molecule has 0 saturated heterocycles. The number of ether oxygens (including phenoxy) is 1. The molecule has 0 aliphatic rings. The minimum Gasteiger partial charge on any atom is -0.489 e. The summed E-state index contributed by atoms with van der Waals surface area (Å²) >= 11 is 0. The Labute approximate surface area is 167 Å². The zero-order valence-corrected chi connectivity index (χ0v) is 17.1. The van der Waals surface area contributed by atoms with E-state index in [1.54, 1.807) is 12.1 Å². The van der Waals surface area contributed by atoms with E-state index in [0.29, 0.717) is 30.2 Å². The lowest BCUT2D eigenvalue weighted by atomic mass is 10.1. The standard InChI is InChI=1S/C21H28N2O3.ClH/c1-15(24)23-18-10-17(20(25)13-22-21(2,3)4)11-19(12-18)26-14-16-8-6-5-7-9-16;/h5-12,20,22,25H,13-14H2,1-4H3,(H,23,24);1H. The Kier molecular flexibility index (Phi) is 8.76. The van der Waals surface area contributed by atoms with Crippen LogP contribution in [-0.4, -0.2) is 23.1 Å². The Bertz CT molecular complexity index is 730. The second kappa shape index (κ2) is 10.3. The molecule has 0 aliphatic heterocycles. The number of benzene rings is 2. The highest BCUT2D eigenvalue weighted by Crippen LogP contribution is 2.26. The summed E-state index contributed by atoms with van der Waals surface area (Å²) in [6, 6.07) is 15.2. The molecule has 0 aliphatic carbocycles. The molecule has 0 fully saturated rings. The third kappa shape index (κ3) is 8.43. The van der Waals surface area contributed by atoms with Crippen LogP contribution >= 0.6 is 12.4 Å². The van der Waals surface area contributed by atoms with Gasteiger partial charge in [0, 0.05) is 30.8 Å². The van der Waals surface area contributed by atoms with Gasteiger partial charge in [-0.1, -0.05) is 30.3 Å². The van der Waals surface area contributed by atoms with Crippen molar-refractivity contribution in [2.24, 2.45) is 0 Å². The number of aliphatic hydroxyl groups is 1. The number of nitrogens with one attached hydrogen (secondary N) is 2. The molecule has 5 nitrogen and oxygen atoms in total. The normalized spacial score (nSPS) is 12.0. The van der Waals surface area contributed by atoms with E-state index in [9.17, 15) is 9.90 Å². The predicted octanol–water partition coefficient (Wildman–Crippen LogP) is 4.07. The van der Waals surface area contributed by atoms with Crippen LogP contribution in [0.25, 0.3) is 0 Å². The van der Waals surface area contributed by atoms with Crippen molar-refractivity contribution in [3.8, 4) is 5.75 Å². The predicted molar refractivity (Wildman–Crippen MR) is 111 cm³/mol. The van der Waals surface area contributed by atoms with Crippen molar-refractivity contribution in [3.63, 3.8) is 0 Å². The van der Waals surface area contributed by atoms with E-state index >= 15 is 0 Å². The zero-order valence-electron chi connectivity index (χ0n) is 16.3. The van der Waals surface area contributed by atoms with Crippen LogP contribution in [0.4, 0.5) is 5.69 Å². The quantitative estimate of drug-likeness (QED) is 0.664. The summed E-state index contributed by atoms with van der Waals surface area (Å²) in [5.74, 6) is 0.434. The largest absolute Gasteiger partial charge is 0.489 e. The highest BCUT2D eigenvalue weighted by molar-refractivity contribution is 5.89. The number of hydrogen-bond acceptors (Lipinski definition) is 4. The monoisotopic (exact) mass is 392 g/mol. The van der Waals surface area contributed by atoms with Crippen molar-refractivity contribution in [2.75, 3.05) is 11.9 Å². The summed E-state index contributed by atoms with van der Waals surface area (Å²) in [4.78, 5) is 11.4. The van der Waals surface area contributed by atoms with Crippen molar-refractivity contribution < 1.29 is 14.6 Å². The molecule has 6 heteroatoms. The number of aliphatic hydroxyl groups excluding tert-OH is 1. The number of β-amino-alcohol motifs (C(OH)–C–C–N with tert-alkyl or cyclic N) is 1. The molecule has 0 bridgehead atoms. The maximum atomic E-state index is 11.4. The van der Waals surface area contributed by atoms with E-state index in [1.807, 2.05) is 57.2 Å². The van der Waals surface area contributed by atoms with E-state index in [4.69, 9.17) is 4.74 Å². The molecule has 0 saturated carbocycles. The molecule has 3 N–H and O–H groups in total. The first-order valence-electron chi connectivity index (χ1n) is 8.75. The summed E-state index contributed by atoms with van der Waals surface area (Å²) in [6.07, 6.45) is -0.706. The number of rotatable bonds is 7. The number of amides is 1. The Morgan fingerprint density at radius 1 is 1.15 bits per heavy atom. The summed E-state index contributed by atoms with van der Waals surface area (Å²) in [6.45, 7) is 8.41. The van der Waals surface area contributed by atoms with Crippen molar-refractivity contribution in [1.29, 1.82) is 0 Å². The second-order valence-corrected chi connectivity index (χ2v) is 7.39. The van der Waals surface area contributed by atoms with Gasteiger partial charge >= 0.3 is 0 Å². The molecule has 0 aromatic heterocycles. The molecule has 2 aromatic carbocycles. The first kappa shape index (κ1) is 23.0. The molecule has 0 radical (unpaired) electrons. The Morgan fingerprint density at radius 2 is 1.81 bits per heavy atom. The van der Waals surface area contributed by atoms with E-state index in [2.05, 4.69) is 10.6 Å². The minimum absolute atomic E-state index is 0. The van der Waals surface area contributed by atoms with Crippen LogP contribution in [0.15, 0.2) is 48.5 Å². The van der Waals surface area contributed by atoms with E-state index < -0.39 is 6.10 Å². The van der Waals surface area contributed by atoms with Gasteiger partial charge < -0.3 is 20.5 Å². The summed E-state index contributed by atoms with van der Waals surface area (Å²) in [5.41, 5.74) is 2.25. The van der Waals surface area contributed by atoms with Gasteiger partial charge in [0.1, 0.15) is 12.4 Å². The van der Waals surface area contributed by atoms with Gasteiger partial charge in [0.05, 0.1) is 6.10 Å². The van der Waals surface area contributed by atoms with Gasteiger partial charge in [-0.3, -0.25) is 4.79 Å². The van der Waals surface area contributed by atoms with Gasteiger partial charge in [0.2, 0.25) is 5.91 Å². The third-order valence-electron chi connectivity index (χ3n) is 3.71. The summed E-state index contributed by atoms with van der Waals surface area (Å²) < 4.78 is 5.87. The molecule has 2 rings (SSSR count). The second-order valence-electron chi connectivity index (χ2n) is 7.39. The van der Waals surface area contributed by atoms with Gasteiger partial charge in [-0.05, 0) is 44.0 Å². The van der Waals surface area contributed by atoms with Crippen LogP contribution < -0.4 is 15.4 Å². The maximum absolute atomic E-state index is 11.4. The molecule has 148 valence electrons. The van der Waals surface area contributed by atoms with E-state index in [-0.39, 0.29) is 23.9 Å². The number of carbonyl (C=O) groups excluding carboxylic acids is 1. The smallest absolute Gasteiger partial charge is 0.221 e. The molecule has 1 atom stereocenters. The first-order chi connectivity index (χ1) is 12.2. The van der Waals surface area contributed by atoms with Crippen LogP contribution in [0.5, 0.6) is 5.75 Å². The number of hydrogen-bond donors (Lipinski definition) is 3. The van der Waals surface area contributed by atoms with Crippen LogP contribution in [0.3, 0.4) is 0 Å². The van der Waals surface area contributed by atoms with Crippen molar-refractivity contribution in [3.05, 3.63) is 59.7 Å². The molecule has 1 amide bonds. The molecule has 2 aromatic rings. The molecule has 27 heavy (non-hydrogen) atoms. The topological polar surface area (TPSA) is 70.6 Å². The SMILES string of the molecule is CC(=O)Nc1cc(OCc2ccccc2)cc(C(O)CNC(C)(C)C)c1.Cl. The lowest BCUT2D eigenvalue weighted by molar-refractivity contribution is -0.114.